The summed E-state index contributed by atoms with van der Waals surface area (Å²) in [5, 5.41) is 6.45. The number of hydrogen-bond donors (Lipinski definition) is 2. The summed E-state index contributed by atoms with van der Waals surface area (Å²) in [5.74, 6) is 1.82. The van der Waals surface area contributed by atoms with E-state index in [1.165, 1.54) is 5.56 Å². The van der Waals surface area contributed by atoms with Crippen LogP contribution in [0.3, 0.4) is 0 Å². The monoisotopic (exact) mass is 436 g/mol. The highest BCUT2D eigenvalue weighted by molar-refractivity contribution is 5.90. The molecular formula is C26H36N4O2. The Labute approximate surface area is 192 Å². The SMILES string of the molecule is CN=C(NCc1cccc(NC(=O)CC(C)C)c1)N1CCC(COCc2ccccc2)C1. The summed E-state index contributed by atoms with van der Waals surface area (Å²) in [7, 11) is 1.82. The van der Waals surface area contributed by atoms with Crippen molar-refractivity contribution in [2.45, 2.75) is 39.8 Å². The molecule has 3 rings (SSSR count). The number of aliphatic imine (C=N–C) groups is 1. The molecule has 1 heterocycles. The van der Waals surface area contributed by atoms with Gasteiger partial charge >= 0.3 is 0 Å². The largest absolute Gasteiger partial charge is 0.376 e. The van der Waals surface area contributed by atoms with Gasteiger partial charge in [0.2, 0.25) is 5.91 Å². The lowest BCUT2D eigenvalue weighted by Crippen LogP contribution is -2.39. The van der Waals surface area contributed by atoms with Gasteiger partial charge in [-0.05, 0) is 35.6 Å². The van der Waals surface area contributed by atoms with Gasteiger partial charge in [0.25, 0.3) is 0 Å². The van der Waals surface area contributed by atoms with Gasteiger partial charge in [0.1, 0.15) is 0 Å². The zero-order valence-electron chi connectivity index (χ0n) is 19.5. The van der Waals surface area contributed by atoms with Crippen molar-refractivity contribution < 1.29 is 9.53 Å². The zero-order valence-corrected chi connectivity index (χ0v) is 19.5. The Hall–Kier alpha value is -2.86. The van der Waals surface area contributed by atoms with Crippen molar-refractivity contribution in [3.63, 3.8) is 0 Å². The van der Waals surface area contributed by atoms with Crippen LogP contribution in [0.4, 0.5) is 5.69 Å². The predicted octanol–water partition coefficient (Wildman–Crippen LogP) is 4.29. The van der Waals surface area contributed by atoms with E-state index >= 15 is 0 Å². The molecule has 0 spiro atoms. The zero-order chi connectivity index (χ0) is 22.8. The number of hydrogen-bond acceptors (Lipinski definition) is 3. The molecule has 1 aliphatic rings. The van der Waals surface area contributed by atoms with E-state index in [1.54, 1.807) is 0 Å². The highest BCUT2D eigenvalue weighted by atomic mass is 16.5. The molecule has 2 N–H and O–H groups in total. The minimum absolute atomic E-state index is 0.0542. The average Bonchev–Trinajstić information content (AvgIpc) is 3.23. The molecule has 0 aliphatic carbocycles. The molecule has 1 amide bonds. The Morgan fingerprint density at radius 2 is 1.94 bits per heavy atom. The van der Waals surface area contributed by atoms with Crippen LogP contribution in [-0.2, 0) is 22.7 Å². The number of nitrogens with one attached hydrogen (secondary N) is 2. The van der Waals surface area contributed by atoms with E-state index in [0.717, 1.165) is 43.3 Å². The van der Waals surface area contributed by atoms with Gasteiger partial charge in [-0.25, -0.2) is 0 Å². The van der Waals surface area contributed by atoms with E-state index < -0.39 is 0 Å². The molecule has 1 unspecified atom stereocenters. The van der Waals surface area contributed by atoms with E-state index in [2.05, 4.69) is 38.7 Å². The second kappa shape index (κ2) is 12.2. The minimum atomic E-state index is 0.0542. The number of guanidine groups is 1. The van der Waals surface area contributed by atoms with E-state index in [9.17, 15) is 4.79 Å². The van der Waals surface area contributed by atoms with Crippen molar-refractivity contribution in [1.29, 1.82) is 0 Å². The Balaban J connectivity index is 1.44. The topological polar surface area (TPSA) is 66.0 Å². The fourth-order valence-electron chi connectivity index (χ4n) is 3.93. The second-order valence-corrected chi connectivity index (χ2v) is 8.85. The summed E-state index contributed by atoms with van der Waals surface area (Å²) in [6.45, 7) is 8.10. The van der Waals surface area contributed by atoms with Gasteiger partial charge in [-0.15, -0.1) is 0 Å². The molecule has 0 bridgehead atoms. The van der Waals surface area contributed by atoms with Crippen LogP contribution in [-0.4, -0.2) is 43.5 Å². The van der Waals surface area contributed by atoms with Gasteiger partial charge in [-0.3, -0.25) is 9.79 Å². The normalized spacial score (nSPS) is 16.4. The molecule has 1 fully saturated rings. The third-order valence-electron chi connectivity index (χ3n) is 5.52. The molecular weight excluding hydrogens is 400 g/mol. The Morgan fingerprint density at radius 1 is 1.16 bits per heavy atom. The Bertz CT molecular complexity index is 882. The first-order valence-electron chi connectivity index (χ1n) is 11.5. The molecule has 1 saturated heterocycles. The summed E-state index contributed by atoms with van der Waals surface area (Å²) in [6, 6.07) is 18.3. The Morgan fingerprint density at radius 3 is 2.69 bits per heavy atom. The summed E-state index contributed by atoms with van der Waals surface area (Å²) in [5.41, 5.74) is 3.15. The molecule has 2 aromatic carbocycles. The van der Waals surface area contributed by atoms with Crippen LogP contribution in [0, 0.1) is 11.8 Å². The third kappa shape index (κ3) is 7.68. The van der Waals surface area contributed by atoms with Gasteiger partial charge in [0, 0.05) is 44.7 Å². The van der Waals surface area contributed by atoms with E-state index in [-0.39, 0.29) is 5.91 Å². The van der Waals surface area contributed by atoms with E-state index in [0.29, 0.717) is 31.4 Å². The lowest BCUT2D eigenvalue weighted by molar-refractivity contribution is -0.116. The summed E-state index contributed by atoms with van der Waals surface area (Å²) < 4.78 is 5.94. The van der Waals surface area contributed by atoms with Gasteiger partial charge in [-0.1, -0.05) is 56.3 Å². The fourth-order valence-corrected chi connectivity index (χ4v) is 3.93. The number of likely N-dealkylation sites (tertiary alicyclic amines) is 1. The van der Waals surface area contributed by atoms with Gasteiger partial charge in [0.15, 0.2) is 5.96 Å². The molecule has 6 heteroatoms. The van der Waals surface area contributed by atoms with Crippen molar-refractivity contribution in [2.75, 3.05) is 32.1 Å². The first-order chi connectivity index (χ1) is 15.5. The van der Waals surface area contributed by atoms with Gasteiger partial charge in [0.05, 0.1) is 13.2 Å². The van der Waals surface area contributed by atoms with Gasteiger partial charge < -0.3 is 20.3 Å². The van der Waals surface area contributed by atoms with Crippen LogP contribution in [0.25, 0.3) is 0 Å². The van der Waals surface area contributed by atoms with Crippen molar-refractivity contribution in [3.05, 3.63) is 65.7 Å². The van der Waals surface area contributed by atoms with Crippen LogP contribution >= 0.6 is 0 Å². The first kappa shape index (κ1) is 23.8. The fraction of sp³-hybridized carbons (Fsp3) is 0.462. The lowest BCUT2D eigenvalue weighted by atomic mass is 10.1. The third-order valence-corrected chi connectivity index (χ3v) is 5.52. The molecule has 1 atom stereocenters. The maximum atomic E-state index is 12.0. The molecule has 0 saturated carbocycles. The molecule has 172 valence electrons. The van der Waals surface area contributed by atoms with E-state index in [1.807, 2.05) is 57.3 Å². The van der Waals surface area contributed by atoms with Crippen molar-refractivity contribution in [2.24, 2.45) is 16.8 Å². The van der Waals surface area contributed by atoms with Gasteiger partial charge in [-0.2, -0.15) is 0 Å². The molecule has 32 heavy (non-hydrogen) atoms. The number of carbonyl (C=O) groups is 1. The number of rotatable bonds is 9. The number of carbonyl (C=O) groups excluding carboxylic acids is 1. The average molecular weight is 437 g/mol. The second-order valence-electron chi connectivity index (χ2n) is 8.85. The van der Waals surface area contributed by atoms with Crippen molar-refractivity contribution >= 4 is 17.6 Å². The smallest absolute Gasteiger partial charge is 0.224 e. The maximum Gasteiger partial charge on any atom is 0.224 e. The highest BCUT2D eigenvalue weighted by Crippen LogP contribution is 2.18. The van der Waals surface area contributed by atoms with Crippen LogP contribution in [0.2, 0.25) is 0 Å². The molecule has 0 radical (unpaired) electrons. The number of benzene rings is 2. The molecule has 1 aliphatic heterocycles. The summed E-state index contributed by atoms with van der Waals surface area (Å²) in [6.07, 6.45) is 1.63. The summed E-state index contributed by atoms with van der Waals surface area (Å²) >= 11 is 0. The quantitative estimate of drug-likeness (QED) is 0.455. The van der Waals surface area contributed by atoms with Crippen LogP contribution in [0.15, 0.2) is 59.6 Å². The van der Waals surface area contributed by atoms with E-state index in [4.69, 9.17) is 4.74 Å². The predicted molar refractivity (Wildman–Crippen MR) is 131 cm³/mol. The number of anilines is 1. The number of amides is 1. The standard InChI is InChI=1S/C26H36N4O2/c1-20(2)14-25(31)29-24-11-7-10-22(15-24)16-28-26(27-3)30-13-12-23(17-30)19-32-18-21-8-5-4-6-9-21/h4-11,15,20,23H,12-14,16-19H2,1-3H3,(H,27,28)(H,29,31). The Kier molecular flexibility index (Phi) is 9.11. The highest BCUT2D eigenvalue weighted by Gasteiger charge is 2.25. The van der Waals surface area contributed by atoms with Crippen LogP contribution in [0.5, 0.6) is 0 Å². The number of ether oxygens (including phenoxy) is 1. The minimum Gasteiger partial charge on any atom is -0.376 e. The first-order valence-corrected chi connectivity index (χ1v) is 11.5. The molecule has 2 aromatic rings. The molecule has 0 aromatic heterocycles. The summed E-state index contributed by atoms with van der Waals surface area (Å²) in [4.78, 5) is 18.8. The number of nitrogens with zero attached hydrogens (tertiary/aromatic N) is 2. The van der Waals surface area contributed by atoms with Crippen LogP contribution in [0.1, 0.15) is 37.8 Å². The molecule has 6 nitrogen and oxygen atoms in total. The van der Waals surface area contributed by atoms with Crippen molar-refractivity contribution in [3.8, 4) is 0 Å². The van der Waals surface area contributed by atoms with Crippen LogP contribution < -0.4 is 10.6 Å². The maximum absolute atomic E-state index is 12.0. The van der Waals surface area contributed by atoms with Crippen molar-refractivity contribution in [1.82, 2.24) is 10.2 Å². The lowest BCUT2D eigenvalue weighted by Gasteiger charge is -2.22.